The topological polar surface area (TPSA) is 220 Å². The summed E-state index contributed by atoms with van der Waals surface area (Å²) in [5.74, 6) is -4.84. The van der Waals surface area contributed by atoms with Crippen LogP contribution < -0.4 is 11.1 Å². The molecule has 1 unspecified atom stereocenters. The van der Waals surface area contributed by atoms with Gasteiger partial charge in [-0.05, 0) is 12.6 Å². The molecule has 19 heteroatoms. The lowest BCUT2D eigenvalue weighted by Gasteiger charge is -2.49. The number of carbonyl (C=O) groups is 6. The summed E-state index contributed by atoms with van der Waals surface area (Å²) in [6.07, 6.45) is -5.59. The minimum absolute atomic E-state index is 0.196. The number of thioether (sulfide) groups is 1. The van der Waals surface area contributed by atoms with E-state index in [1.165, 1.54) is 11.8 Å². The number of nitrogens with one attached hydrogen (secondary N) is 1. The van der Waals surface area contributed by atoms with Crippen molar-refractivity contribution < 1.29 is 62.0 Å². The number of alkyl halides is 3. The van der Waals surface area contributed by atoms with Crippen molar-refractivity contribution in [3.8, 4) is 0 Å². The molecule has 3 aliphatic heterocycles. The average molecular weight is 650 g/mol. The van der Waals surface area contributed by atoms with E-state index in [1.54, 1.807) is 35.2 Å². The maximum atomic E-state index is 12.8. The SMILES string of the molecule is CN1CCN(C(=O)OCC2=C(C(=O)O)N3C(=O)C(NC(=O)[C@@H](N)c4ccccc4)[C@@H]3SC2)CC1.O=C(O)C(F)(F)F.O=CO. The molecule has 0 radical (unpaired) electrons. The van der Waals surface area contributed by atoms with Crippen molar-refractivity contribution in [3.05, 3.63) is 47.2 Å². The van der Waals surface area contributed by atoms with Crippen LogP contribution in [0, 0.1) is 0 Å². The fourth-order valence-electron chi connectivity index (χ4n) is 4.08. The summed E-state index contributed by atoms with van der Waals surface area (Å²) in [6, 6.07) is 6.94. The number of aliphatic carboxylic acids is 2. The summed E-state index contributed by atoms with van der Waals surface area (Å²) in [5.41, 5.74) is 6.76. The summed E-state index contributed by atoms with van der Waals surface area (Å²) in [7, 11) is 1.97. The number of rotatable bonds is 6. The van der Waals surface area contributed by atoms with Crippen molar-refractivity contribution in [2.24, 2.45) is 5.73 Å². The molecule has 4 rings (SSSR count). The van der Waals surface area contributed by atoms with Gasteiger partial charge in [-0.2, -0.15) is 13.2 Å². The highest BCUT2D eigenvalue weighted by atomic mass is 32.2. The Hall–Kier alpha value is -4.36. The van der Waals surface area contributed by atoms with Crippen LogP contribution in [0.5, 0.6) is 0 Å². The Balaban J connectivity index is 0.000000587. The maximum absolute atomic E-state index is 12.8. The fraction of sp³-hybridized carbons (Fsp3) is 0.440. The van der Waals surface area contributed by atoms with Gasteiger partial charge in [0.15, 0.2) is 0 Å². The molecule has 1 aromatic rings. The molecule has 3 heterocycles. The third-order valence-electron chi connectivity index (χ3n) is 6.36. The fourth-order valence-corrected chi connectivity index (χ4v) is 5.41. The molecular formula is C25H30F3N5O10S. The van der Waals surface area contributed by atoms with Crippen LogP contribution in [0.3, 0.4) is 0 Å². The number of nitrogens with two attached hydrogens (primary N) is 1. The number of halogens is 3. The number of carbonyl (C=O) groups excluding carboxylic acids is 3. The van der Waals surface area contributed by atoms with Crippen LogP contribution in [-0.4, -0.2) is 130 Å². The standard InChI is InChI=1S/C22H27N5O6S.C2HF3O2.CH2O2/c1-25-7-9-26(10-8-25)22(32)33-11-14-12-34-20-16(19(29)27(20)17(14)21(30)31)24-18(28)15(23)13-5-3-2-4-6-13;3-2(4,5)1(6)7;2-1-3/h2-6,15-16,20H,7-12,23H2,1H3,(H,24,28)(H,30,31);(H,6,7);1H,(H,2,3)/t15-,16?,20-;;/m0../s1. The van der Waals surface area contributed by atoms with E-state index in [9.17, 15) is 37.5 Å². The molecule has 0 spiro atoms. The predicted molar refractivity (Wildman–Crippen MR) is 146 cm³/mol. The molecule has 242 valence electrons. The number of benzene rings is 1. The first-order valence-electron chi connectivity index (χ1n) is 12.6. The molecule has 0 saturated carbocycles. The van der Waals surface area contributed by atoms with Crippen molar-refractivity contribution in [1.29, 1.82) is 0 Å². The van der Waals surface area contributed by atoms with Gasteiger partial charge in [0, 0.05) is 37.5 Å². The minimum atomic E-state index is -5.08. The molecule has 3 atom stereocenters. The highest BCUT2D eigenvalue weighted by molar-refractivity contribution is 8.00. The van der Waals surface area contributed by atoms with Crippen LogP contribution in [0.4, 0.5) is 18.0 Å². The van der Waals surface area contributed by atoms with Crippen LogP contribution >= 0.6 is 11.8 Å². The van der Waals surface area contributed by atoms with Gasteiger partial charge in [0.2, 0.25) is 5.91 Å². The second kappa shape index (κ2) is 15.9. The Morgan fingerprint density at radius 2 is 1.68 bits per heavy atom. The first-order chi connectivity index (χ1) is 20.6. The predicted octanol–water partition coefficient (Wildman–Crippen LogP) is 0.143. The van der Waals surface area contributed by atoms with Gasteiger partial charge < -0.3 is 40.9 Å². The molecule has 44 heavy (non-hydrogen) atoms. The molecule has 3 amide bonds. The van der Waals surface area contributed by atoms with Crippen molar-refractivity contribution in [1.82, 2.24) is 20.0 Å². The number of hydrogen-bond acceptors (Lipinski definition) is 10. The number of piperazine rings is 1. The van der Waals surface area contributed by atoms with E-state index in [0.717, 1.165) is 18.0 Å². The molecule has 0 bridgehead atoms. The second-order valence-electron chi connectivity index (χ2n) is 9.29. The maximum Gasteiger partial charge on any atom is 0.490 e. The molecule has 6 N–H and O–H groups in total. The Bertz CT molecular complexity index is 1260. The van der Waals surface area contributed by atoms with Crippen LogP contribution in [0.25, 0.3) is 0 Å². The summed E-state index contributed by atoms with van der Waals surface area (Å²) in [5, 5.41) is 25.9. The van der Waals surface area contributed by atoms with Crippen LogP contribution in [0.15, 0.2) is 41.6 Å². The normalized spacial score (nSPS) is 20.3. The minimum Gasteiger partial charge on any atom is -0.483 e. The summed E-state index contributed by atoms with van der Waals surface area (Å²) >= 11 is 1.31. The third kappa shape index (κ3) is 9.32. The van der Waals surface area contributed by atoms with E-state index in [1.807, 2.05) is 7.05 Å². The quantitative estimate of drug-likeness (QED) is 0.205. The Morgan fingerprint density at radius 1 is 1.14 bits per heavy atom. The van der Waals surface area contributed by atoms with Gasteiger partial charge in [-0.25, -0.2) is 14.4 Å². The van der Waals surface area contributed by atoms with E-state index in [-0.39, 0.29) is 24.5 Å². The second-order valence-corrected chi connectivity index (χ2v) is 10.4. The van der Waals surface area contributed by atoms with E-state index in [2.05, 4.69) is 10.2 Å². The van der Waals surface area contributed by atoms with Crippen LogP contribution in [0.2, 0.25) is 0 Å². The molecule has 1 aromatic carbocycles. The van der Waals surface area contributed by atoms with Crippen molar-refractivity contribution in [2.75, 3.05) is 45.6 Å². The Morgan fingerprint density at radius 3 is 2.18 bits per heavy atom. The number of carboxylic acid groups (broad SMARTS) is 3. The average Bonchev–Trinajstić information content (AvgIpc) is 2.98. The van der Waals surface area contributed by atoms with E-state index >= 15 is 0 Å². The van der Waals surface area contributed by atoms with Gasteiger partial charge in [0.25, 0.3) is 12.4 Å². The van der Waals surface area contributed by atoms with Crippen LogP contribution in [0.1, 0.15) is 11.6 Å². The molecule has 0 aliphatic carbocycles. The molecule has 2 saturated heterocycles. The molecule has 2 fully saturated rings. The van der Waals surface area contributed by atoms with E-state index < -0.39 is 53.5 Å². The molecule has 15 nitrogen and oxygen atoms in total. The molecule has 0 aromatic heterocycles. The highest BCUT2D eigenvalue weighted by Crippen LogP contribution is 2.40. The van der Waals surface area contributed by atoms with Crippen molar-refractivity contribution in [2.45, 2.75) is 23.6 Å². The van der Waals surface area contributed by atoms with Gasteiger partial charge in [0.1, 0.15) is 29.8 Å². The van der Waals surface area contributed by atoms with Gasteiger partial charge >= 0.3 is 24.2 Å². The zero-order valence-corrected chi connectivity index (χ0v) is 23.9. The van der Waals surface area contributed by atoms with Gasteiger partial charge in [-0.3, -0.25) is 19.3 Å². The molecule has 3 aliphatic rings. The van der Waals surface area contributed by atoms with Crippen LogP contribution in [-0.2, 0) is 28.7 Å². The summed E-state index contributed by atoms with van der Waals surface area (Å²) in [6.45, 7) is 2.08. The number of hydrogen-bond donors (Lipinski definition) is 5. The largest absolute Gasteiger partial charge is 0.490 e. The lowest BCUT2D eigenvalue weighted by molar-refractivity contribution is -0.192. The number of nitrogens with zero attached hydrogens (tertiary/aromatic N) is 3. The van der Waals surface area contributed by atoms with E-state index in [4.69, 9.17) is 30.3 Å². The lowest BCUT2D eigenvalue weighted by Crippen LogP contribution is -2.71. The Labute approximate surface area is 252 Å². The number of likely N-dealkylation sites (N-methyl/N-ethyl adjacent to an activating group) is 1. The summed E-state index contributed by atoms with van der Waals surface area (Å²) in [4.78, 5) is 71.8. The monoisotopic (exact) mass is 649 g/mol. The summed E-state index contributed by atoms with van der Waals surface area (Å²) < 4.78 is 37.1. The lowest BCUT2D eigenvalue weighted by atomic mass is 10.0. The van der Waals surface area contributed by atoms with Gasteiger partial charge in [0.05, 0.1) is 0 Å². The van der Waals surface area contributed by atoms with Gasteiger partial charge in [-0.1, -0.05) is 30.3 Å². The third-order valence-corrected chi connectivity index (χ3v) is 7.70. The number of ether oxygens (including phenoxy) is 1. The molecular weight excluding hydrogens is 619 g/mol. The van der Waals surface area contributed by atoms with Crippen molar-refractivity contribution in [3.63, 3.8) is 0 Å². The number of fused-ring (bicyclic) bond motifs is 1. The Kier molecular flexibility index (Phi) is 13.0. The van der Waals surface area contributed by atoms with Crippen molar-refractivity contribution >= 4 is 48.1 Å². The number of carboxylic acids is 2. The first kappa shape index (κ1) is 35.8. The first-order valence-corrected chi connectivity index (χ1v) is 13.7. The van der Waals surface area contributed by atoms with E-state index in [0.29, 0.717) is 24.2 Å². The number of β-lactam (4-membered cyclic amide) rings is 1. The highest BCUT2D eigenvalue weighted by Gasteiger charge is 2.54. The smallest absolute Gasteiger partial charge is 0.483 e. The van der Waals surface area contributed by atoms with Gasteiger partial charge in [-0.15, -0.1) is 11.8 Å². The zero-order valence-electron chi connectivity index (χ0n) is 23.1. The number of amides is 3. The zero-order chi connectivity index (χ0) is 33.2.